The van der Waals surface area contributed by atoms with Crippen LogP contribution in [0.3, 0.4) is 0 Å². The highest BCUT2D eigenvalue weighted by Gasteiger charge is 2.28. The summed E-state index contributed by atoms with van der Waals surface area (Å²) in [4.78, 5) is 11.5. The van der Waals surface area contributed by atoms with Gasteiger partial charge in [0.25, 0.3) is 0 Å². The number of rotatable bonds is 4. The van der Waals surface area contributed by atoms with Crippen LogP contribution < -0.4 is 10.6 Å². The topological polar surface area (TPSA) is 41.1 Å². The molecule has 3 nitrogen and oxygen atoms in total. The van der Waals surface area contributed by atoms with Gasteiger partial charge in [-0.15, -0.1) is 0 Å². The summed E-state index contributed by atoms with van der Waals surface area (Å²) in [6, 6.07) is 2.53. The van der Waals surface area contributed by atoms with Crippen molar-refractivity contribution in [1.29, 1.82) is 0 Å². The largest absolute Gasteiger partial charge is 0.405 e. The van der Waals surface area contributed by atoms with Crippen LogP contribution >= 0.6 is 27.5 Å². The fourth-order valence-electron chi connectivity index (χ4n) is 1.40. The second-order valence-electron chi connectivity index (χ2n) is 4.28. The third-order valence-electron chi connectivity index (χ3n) is 2.48. The molecule has 112 valence electrons. The first-order valence-corrected chi connectivity index (χ1v) is 6.84. The summed E-state index contributed by atoms with van der Waals surface area (Å²) >= 11 is 9.26. The zero-order chi connectivity index (χ0) is 15.5. The lowest BCUT2D eigenvalue weighted by atomic mass is 10.2. The van der Waals surface area contributed by atoms with E-state index in [1.807, 2.05) is 12.2 Å². The Bertz CT molecular complexity index is 508. The molecule has 20 heavy (non-hydrogen) atoms. The summed E-state index contributed by atoms with van der Waals surface area (Å²) < 4.78 is 36.7. The number of halogens is 5. The third-order valence-corrected chi connectivity index (χ3v) is 3.54. The second-order valence-corrected chi connectivity index (χ2v) is 5.54. The number of hydrogen-bond acceptors (Lipinski definition) is 2. The minimum atomic E-state index is -4.43. The Balaban J connectivity index is 2.69. The predicted molar refractivity (Wildman–Crippen MR) is 76.0 cm³/mol. The summed E-state index contributed by atoms with van der Waals surface area (Å²) in [5.41, 5.74) is 1.38. The van der Waals surface area contributed by atoms with E-state index in [9.17, 15) is 18.0 Å². The first-order chi connectivity index (χ1) is 9.10. The maximum absolute atomic E-state index is 12.0. The minimum Gasteiger partial charge on any atom is -0.373 e. The first kappa shape index (κ1) is 17.1. The van der Waals surface area contributed by atoms with Crippen LogP contribution in [0.2, 0.25) is 5.02 Å². The van der Waals surface area contributed by atoms with E-state index in [1.165, 1.54) is 6.92 Å². The number of carbonyl (C=O) groups excluding carboxylic acids is 1. The van der Waals surface area contributed by atoms with Crippen molar-refractivity contribution in [2.75, 3.05) is 11.9 Å². The van der Waals surface area contributed by atoms with Gasteiger partial charge in [-0.2, -0.15) is 13.2 Å². The van der Waals surface area contributed by atoms with E-state index < -0.39 is 24.7 Å². The normalized spacial score (nSPS) is 12.9. The zero-order valence-electron chi connectivity index (χ0n) is 10.7. The lowest BCUT2D eigenvalue weighted by molar-refractivity contribution is -0.138. The first-order valence-electron chi connectivity index (χ1n) is 5.67. The van der Waals surface area contributed by atoms with Crippen molar-refractivity contribution < 1.29 is 18.0 Å². The molecule has 0 aliphatic carbocycles. The Morgan fingerprint density at radius 1 is 1.45 bits per heavy atom. The highest BCUT2D eigenvalue weighted by atomic mass is 79.9. The van der Waals surface area contributed by atoms with Crippen LogP contribution in [0.4, 0.5) is 18.9 Å². The summed E-state index contributed by atoms with van der Waals surface area (Å²) in [5.74, 6) is -0.745. The van der Waals surface area contributed by atoms with Gasteiger partial charge in [0.1, 0.15) is 12.6 Å². The molecule has 0 aliphatic heterocycles. The summed E-state index contributed by atoms with van der Waals surface area (Å²) in [6.07, 6.45) is -4.43. The molecule has 0 spiro atoms. The Hall–Kier alpha value is -0.950. The molecule has 0 radical (unpaired) electrons. The van der Waals surface area contributed by atoms with Gasteiger partial charge in [-0.25, -0.2) is 0 Å². The average Bonchev–Trinajstić information content (AvgIpc) is 2.31. The Kier molecular flexibility index (Phi) is 5.70. The van der Waals surface area contributed by atoms with Gasteiger partial charge < -0.3 is 10.6 Å². The SMILES string of the molecule is Cc1cc(Br)c(NC(C)C(=O)NCC(F)(F)F)cc1Cl. The molecule has 0 aromatic heterocycles. The number of benzene rings is 1. The molecule has 1 atom stereocenters. The van der Waals surface area contributed by atoms with Crippen molar-refractivity contribution in [2.24, 2.45) is 0 Å². The van der Waals surface area contributed by atoms with Crippen molar-refractivity contribution in [3.05, 3.63) is 27.2 Å². The molecule has 1 aromatic carbocycles. The lowest BCUT2D eigenvalue weighted by Gasteiger charge is -2.17. The monoisotopic (exact) mass is 372 g/mol. The van der Waals surface area contributed by atoms with Gasteiger partial charge in [0.15, 0.2) is 0 Å². The van der Waals surface area contributed by atoms with E-state index in [1.54, 1.807) is 12.1 Å². The van der Waals surface area contributed by atoms with Crippen molar-refractivity contribution in [2.45, 2.75) is 26.1 Å². The van der Waals surface area contributed by atoms with E-state index >= 15 is 0 Å². The van der Waals surface area contributed by atoms with E-state index in [2.05, 4.69) is 21.2 Å². The van der Waals surface area contributed by atoms with Crippen LogP contribution in [-0.2, 0) is 4.79 Å². The number of anilines is 1. The van der Waals surface area contributed by atoms with Gasteiger partial charge in [0, 0.05) is 9.50 Å². The van der Waals surface area contributed by atoms with Crippen LogP contribution in [0.5, 0.6) is 0 Å². The molecule has 0 aliphatic rings. The fraction of sp³-hybridized carbons (Fsp3) is 0.417. The molecule has 2 N–H and O–H groups in total. The molecule has 8 heteroatoms. The molecular formula is C12H13BrClF3N2O. The molecule has 0 saturated heterocycles. The van der Waals surface area contributed by atoms with Gasteiger partial charge in [0.05, 0.1) is 5.69 Å². The molecule has 1 amide bonds. The molecule has 1 rings (SSSR count). The van der Waals surface area contributed by atoms with Crippen LogP contribution in [-0.4, -0.2) is 24.7 Å². The Morgan fingerprint density at radius 3 is 2.60 bits per heavy atom. The number of nitrogens with one attached hydrogen (secondary N) is 2. The average molecular weight is 374 g/mol. The van der Waals surface area contributed by atoms with Crippen LogP contribution in [0, 0.1) is 6.92 Å². The molecule has 0 bridgehead atoms. The predicted octanol–water partition coefficient (Wildman–Crippen LogP) is 3.89. The van der Waals surface area contributed by atoms with Crippen molar-refractivity contribution in [3.63, 3.8) is 0 Å². The summed E-state index contributed by atoms with van der Waals surface area (Å²) in [5, 5.41) is 5.12. The smallest absolute Gasteiger partial charge is 0.373 e. The quantitative estimate of drug-likeness (QED) is 0.841. The molecule has 0 saturated carbocycles. The van der Waals surface area contributed by atoms with E-state index in [4.69, 9.17) is 11.6 Å². The van der Waals surface area contributed by atoms with E-state index in [-0.39, 0.29) is 0 Å². The maximum atomic E-state index is 12.0. The molecular weight excluding hydrogens is 360 g/mol. The van der Waals surface area contributed by atoms with Crippen LogP contribution in [0.15, 0.2) is 16.6 Å². The fourth-order valence-corrected chi connectivity index (χ4v) is 2.13. The van der Waals surface area contributed by atoms with Gasteiger partial charge in [-0.3, -0.25) is 4.79 Å². The highest BCUT2D eigenvalue weighted by molar-refractivity contribution is 9.10. The number of carbonyl (C=O) groups is 1. The van der Waals surface area contributed by atoms with Gasteiger partial charge in [-0.1, -0.05) is 11.6 Å². The van der Waals surface area contributed by atoms with E-state index in [0.717, 1.165) is 5.56 Å². The van der Waals surface area contributed by atoms with Crippen LogP contribution in [0.25, 0.3) is 0 Å². The maximum Gasteiger partial charge on any atom is 0.405 e. The number of aryl methyl sites for hydroxylation is 1. The zero-order valence-corrected chi connectivity index (χ0v) is 13.1. The second kappa shape index (κ2) is 6.67. The lowest BCUT2D eigenvalue weighted by Crippen LogP contribution is -2.42. The number of alkyl halides is 3. The molecule has 1 aromatic rings. The third kappa shape index (κ3) is 5.20. The standard InChI is InChI=1S/C12H13BrClF3N2O/c1-6-3-8(13)10(4-9(6)14)19-7(2)11(20)18-5-12(15,16)17/h3-4,7,19H,5H2,1-2H3,(H,18,20). The van der Waals surface area contributed by atoms with Gasteiger partial charge in [-0.05, 0) is 47.5 Å². The Morgan fingerprint density at radius 2 is 2.05 bits per heavy atom. The van der Waals surface area contributed by atoms with E-state index in [0.29, 0.717) is 15.2 Å². The van der Waals surface area contributed by atoms with Crippen molar-refractivity contribution in [1.82, 2.24) is 5.32 Å². The molecule has 0 heterocycles. The summed E-state index contributed by atoms with van der Waals surface area (Å²) in [6.45, 7) is 1.93. The number of amides is 1. The minimum absolute atomic E-state index is 0.499. The number of hydrogen-bond donors (Lipinski definition) is 2. The molecule has 1 unspecified atom stereocenters. The highest BCUT2D eigenvalue weighted by Crippen LogP contribution is 2.29. The Labute approximate surface area is 128 Å². The molecule has 0 fully saturated rings. The summed E-state index contributed by atoms with van der Waals surface area (Å²) in [7, 11) is 0. The van der Waals surface area contributed by atoms with Crippen molar-refractivity contribution in [3.8, 4) is 0 Å². The van der Waals surface area contributed by atoms with Gasteiger partial charge >= 0.3 is 6.18 Å². The van der Waals surface area contributed by atoms with Gasteiger partial charge in [0.2, 0.25) is 5.91 Å². The van der Waals surface area contributed by atoms with Crippen molar-refractivity contribution >= 4 is 39.1 Å². The van der Waals surface area contributed by atoms with Crippen LogP contribution in [0.1, 0.15) is 12.5 Å².